The summed E-state index contributed by atoms with van der Waals surface area (Å²) < 4.78 is 2.25. The summed E-state index contributed by atoms with van der Waals surface area (Å²) in [5, 5.41) is 12.7. The Morgan fingerprint density at radius 3 is 2.73 bits per heavy atom. The first-order valence-electron chi connectivity index (χ1n) is 9.36. The molecule has 2 fully saturated rings. The average molecular weight is 372 g/mol. The summed E-state index contributed by atoms with van der Waals surface area (Å²) in [6.45, 7) is 4.76. The number of thioether (sulfide) groups is 1. The Balaban J connectivity index is 1.35. The summed E-state index contributed by atoms with van der Waals surface area (Å²) in [7, 11) is 0. The molecule has 1 aliphatic heterocycles. The van der Waals surface area contributed by atoms with Crippen LogP contribution in [0, 0.1) is 6.92 Å². The molecule has 7 heteroatoms. The van der Waals surface area contributed by atoms with Crippen LogP contribution < -0.4 is 10.2 Å². The molecule has 1 aromatic heterocycles. The maximum atomic E-state index is 12.3. The lowest BCUT2D eigenvalue weighted by molar-refractivity contribution is -0.118. The molecule has 0 bridgehead atoms. The van der Waals surface area contributed by atoms with Crippen molar-refractivity contribution in [1.82, 2.24) is 20.1 Å². The molecule has 6 nitrogen and oxygen atoms in total. The smallest absolute Gasteiger partial charge is 0.230 e. The van der Waals surface area contributed by atoms with Crippen LogP contribution in [0.15, 0.2) is 29.4 Å². The summed E-state index contributed by atoms with van der Waals surface area (Å²) in [6, 6.07) is 8.64. The number of nitrogens with zero attached hydrogens (tertiary/aromatic N) is 4. The third kappa shape index (κ3) is 3.87. The van der Waals surface area contributed by atoms with Gasteiger partial charge in [0.05, 0.1) is 5.75 Å². The molecule has 1 aromatic carbocycles. The highest BCUT2D eigenvalue weighted by atomic mass is 32.2. The number of rotatable bonds is 7. The minimum Gasteiger partial charge on any atom is -0.351 e. The summed E-state index contributed by atoms with van der Waals surface area (Å²) >= 11 is 1.49. The van der Waals surface area contributed by atoms with Gasteiger partial charge >= 0.3 is 0 Å². The number of aryl methyl sites for hydroxylation is 1. The maximum absolute atomic E-state index is 12.3. The highest BCUT2D eigenvalue weighted by Crippen LogP contribution is 2.41. The third-order valence-electron chi connectivity index (χ3n) is 5.02. The topological polar surface area (TPSA) is 63.1 Å². The monoisotopic (exact) mass is 371 g/mol. The zero-order valence-corrected chi connectivity index (χ0v) is 16.0. The summed E-state index contributed by atoms with van der Waals surface area (Å²) in [4.78, 5) is 14.6. The van der Waals surface area contributed by atoms with Gasteiger partial charge in [0, 0.05) is 25.7 Å². The van der Waals surface area contributed by atoms with Crippen molar-refractivity contribution < 1.29 is 4.79 Å². The van der Waals surface area contributed by atoms with E-state index in [4.69, 9.17) is 0 Å². The zero-order chi connectivity index (χ0) is 17.9. The molecule has 2 aromatic rings. The summed E-state index contributed by atoms with van der Waals surface area (Å²) in [5.74, 6) is 1.40. The molecule has 0 atom stereocenters. The van der Waals surface area contributed by atoms with Gasteiger partial charge in [0.1, 0.15) is 0 Å². The Morgan fingerprint density at radius 2 is 2.00 bits per heavy atom. The van der Waals surface area contributed by atoms with Crippen molar-refractivity contribution >= 4 is 23.6 Å². The van der Waals surface area contributed by atoms with Crippen molar-refractivity contribution in [2.45, 2.75) is 50.4 Å². The van der Waals surface area contributed by atoms with E-state index in [0.717, 1.165) is 29.8 Å². The van der Waals surface area contributed by atoms with Gasteiger partial charge < -0.3 is 10.2 Å². The molecule has 2 heterocycles. The van der Waals surface area contributed by atoms with Crippen LogP contribution in [0.1, 0.15) is 42.9 Å². The Bertz CT molecular complexity index is 780. The van der Waals surface area contributed by atoms with Gasteiger partial charge in [-0.3, -0.25) is 9.36 Å². The van der Waals surface area contributed by atoms with Crippen LogP contribution >= 0.6 is 11.8 Å². The Labute approximate surface area is 158 Å². The molecular weight excluding hydrogens is 346 g/mol. The predicted octanol–water partition coefficient (Wildman–Crippen LogP) is 2.93. The molecule has 0 unspecified atom stereocenters. The van der Waals surface area contributed by atoms with E-state index in [-0.39, 0.29) is 5.91 Å². The van der Waals surface area contributed by atoms with Gasteiger partial charge in [-0.25, -0.2) is 0 Å². The van der Waals surface area contributed by atoms with Crippen molar-refractivity contribution in [3.63, 3.8) is 0 Å². The fraction of sp³-hybridized carbons (Fsp3) is 0.526. The molecule has 1 amide bonds. The van der Waals surface area contributed by atoms with E-state index in [1.807, 2.05) is 12.1 Å². The number of hydrogen-bond donors (Lipinski definition) is 1. The Hall–Kier alpha value is -2.02. The number of benzene rings is 1. The zero-order valence-electron chi connectivity index (χ0n) is 15.1. The quantitative estimate of drug-likeness (QED) is 0.758. The van der Waals surface area contributed by atoms with Crippen LogP contribution in [-0.2, 0) is 11.3 Å². The molecular formula is C19H25N5OS. The largest absolute Gasteiger partial charge is 0.351 e. The molecule has 0 radical (unpaired) electrons. The van der Waals surface area contributed by atoms with E-state index in [1.54, 1.807) is 0 Å². The van der Waals surface area contributed by atoms with Gasteiger partial charge in [0.25, 0.3) is 0 Å². The minimum atomic E-state index is 0.0336. The van der Waals surface area contributed by atoms with Gasteiger partial charge in [-0.2, -0.15) is 0 Å². The van der Waals surface area contributed by atoms with Crippen LogP contribution in [-0.4, -0.2) is 39.5 Å². The first-order valence-corrected chi connectivity index (χ1v) is 10.3. The van der Waals surface area contributed by atoms with Gasteiger partial charge in [-0.15, -0.1) is 10.2 Å². The lowest BCUT2D eigenvalue weighted by Crippen LogP contribution is -2.25. The Kier molecular flexibility index (Phi) is 5.15. The maximum Gasteiger partial charge on any atom is 0.230 e. The molecule has 26 heavy (non-hydrogen) atoms. The van der Waals surface area contributed by atoms with E-state index >= 15 is 0 Å². The van der Waals surface area contributed by atoms with E-state index in [9.17, 15) is 4.79 Å². The normalized spacial score (nSPS) is 16.9. The standard InChI is InChI=1S/C19H25N5OS/c1-14-6-2-3-7-15(14)12-20-17(25)13-26-19-22-21-18(23-10-4-5-11-23)24(19)16-8-9-16/h2-3,6-7,16H,4-5,8-13H2,1H3,(H,20,25). The second-order valence-electron chi connectivity index (χ2n) is 7.07. The van der Waals surface area contributed by atoms with Gasteiger partial charge in [-0.05, 0) is 43.7 Å². The summed E-state index contributed by atoms with van der Waals surface area (Å²) in [5.41, 5.74) is 2.35. The van der Waals surface area contributed by atoms with Gasteiger partial charge in [0.2, 0.25) is 11.9 Å². The van der Waals surface area contributed by atoms with E-state index < -0.39 is 0 Å². The van der Waals surface area contributed by atoms with E-state index in [2.05, 4.69) is 44.0 Å². The van der Waals surface area contributed by atoms with Crippen LogP contribution in [0.5, 0.6) is 0 Å². The van der Waals surface area contributed by atoms with Crippen molar-refractivity contribution in [1.29, 1.82) is 0 Å². The van der Waals surface area contributed by atoms with Crippen LogP contribution in [0.25, 0.3) is 0 Å². The molecule has 138 valence electrons. The van der Waals surface area contributed by atoms with Crippen LogP contribution in [0.2, 0.25) is 0 Å². The first-order chi connectivity index (χ1) is 12.7. The van der Waals surface area contributed by atoms with Crippen molar-refractivity contribution in [3.05, 3.63) is 35.4 Å². The lowest BCUT2D eigenvalue weighted by atomic mass is 10.1. The number of carbonyl (C=O) groups is 1. The van der Waals surface area contributed by atoms with E-state index in [0.29, 0.717) is 18.3 Å². The molecule has 0 spiro atoms. The molecule has 4 rings (SSSR count). The molecule has 1 aliphatic carbocycles. The molecule has 1 saturated heterocycles. The first kappa shape index (κ1) is 17.4. The SMILES string of the molecule is Cc1ccccc1CNC(=O)CSc1nnc(N2CCCC2)n1C1CC1. The minimum absolute atomic E-state index is 0.0336. The Morgan fingerprint density at radius 1 is 1.23 bits per heavy atom. The lowest BCUT2D eigenvalue weighted by Gasteiger charge is -2.17. The van der Waals surface area contributed by atoms with E-state index in [1.165, 1.54) is 43.0 Å². The summed E-state index contributed by atoms with van der Waals surface area (Å²) in [6.07, 6.45) is 4.82. The second-order valence-corrected chi connectivity index (χ2v) is 8.01. The predicted molar refractivity (Wildman–Crippen MR) is 103 cm³/mol. The van der Waals surface area contributed by atoms with Crippen LogP contribution in [0.3, 0.4) is 0 Å². The highest BCUT2D eigenvalue weighted by molar-refractivity contribution is 7.99. The fourth-order valence-corrected chi connectivity index (χ4v) is 4.17. The molecule has 1 N–H and O–H groups in total. The van der Waals surface area contributed by atoms with Crippen molar-refractivity contribution in [2.75, 3.05) is 23.7 Å². The van der Waals surface area contributed by atoms with Crippen molar-refractivity contribution in [3.8, 4) is 0 Å². The average Bonchev–Trinajstić information content (AvgIpc) is 3.17. The number of carbonyl (C=O) groups excluding carboxylic acids is 1. The number of amides is 1. The number of nitrogens with one attached hydrogen (secondary N) is 1. The van der Waals surface area contributed by atoms with Gasteiger partial charge in [0.15, 0.2) is 5.16 Å². The van der Waals surface area contributed by atoms with Gasteiger partial charge in [-0.1, -0.05) is 36.0 Å². The van der Waals surface area contributed by atoms with Crippen molar-refractivity contribution in [2.24, 2.45) is 0 Å². The number of hydrogen-bond acceptors (Lipinski definition) is 5. The molecule has 1 saturated carbocycles. The van der Waals surface area contributed by atoms with Crippen LogP contribution in [0.4, 0.5) is 5.95 Å². The number of aromatic nitrogens is 3. The molecule has 2 aliphatic rings. The number of anilines is 1. The fourth-order valence-electron chi connectivity index (χ4n) is 3.34. The third-order valence-corrected chi connectivity index (χ3v) is 5.96. The highest BCUT2D eigenvalue weighted by Gasteiger charge is 2.32. The second kappa shape index (κ2) is 7.70.